The Morgan fingerprint density at radius 1 is 0.929 bits per heavy atom. The topological polar surface area (TPSA) is 57.7 Å². The minimum absolute atomic E-state index is 0.0236. The Morgan fingerprint density at radius 2 is 1.43 bits per heavy atom. The minimum atomic E-state index is -0.262. The number of amides is 3. The molecule has 4 rings (SSSR count). The van der Waals surface area contributed by atoms with Gasteiger partial charge in [-0.15, -0.1) is 0 Å². The number of anilines is 1. The SMILES string of the molecule is CC1CCN(C(=O)c2ccc(N3C(=O)[C@@H]4C[C@H](Br)[C@@H](Br)C[C@H]4C3=O)cc2)CC1. The fraction of sp³-hybridized carbons (Fsp3) is 0.571. The van der Waals surface area contributed by atoms with Gasteiger partial charge < -0.3 is 4.90 Å². The largest absolute Gasteiger partial charge is 0.339 e. The second-order valence-corrected chi connectivity index (χ2v) is 10.6. The van der Waals surface area contributed by atoms with E-state index in [2.05, 4.69) is 38.8 Å². The van der Waals surface area contributed by atoms with E-state index in [1.165, 1.54) is 4.90 Å². The first-order valence-corrected chi connectivity index (χ1v) is 11.7. The van der Waals surface area contributed by atoms with Gasteiger partial charge in [0.15, 0.2) is 0 Å². The molecule has 2 saturated heterocycles. The van der Waals surface area contributed by atoms with Crippen molar-refractivity contribution < 1.29 is 14.4 Å². The Labute approximate surface area is 182 Å². The maximum absolute atomic E-state index is 12.9. The first-order valence-electron chi connectivity index (χ1n) is 9.92. The Balaban J connectivity index is 1.50. The zero-order valence-corrected chi connectivity index (χ0v) is 19.0. The van der Waals surface area contributed by atoms with E-state index in [0.29, 0.717) is 30.0 Å². The first kappa shape index (κ1) is 20.1. The van der Waals surface area contributed by atoms with Crippen molar-refractivity contribution in [1.82, 2.24) is 4.90 Å². The van der Waals surface area contributed by atoms with Crippen LogP contribution >= 0.6 is 31.9 Å². The van der Waals surface area contributed by atoms with E-state index >= 15 is 0 Å². The standard InChI is InChI=1S/C21H24Br2N2O3/c1-12-6-8-24(9-7-12)19(26)13-2-4-14(5-3-13)25-20(27)15-10-17(22)18(23)11-16(15)21(25)28/h2-5,12,15-18H,6-11H2,1H3/t15-,16-,17+,18+/m1/s1. The predicted octanol–water partition coefficient (Wildman–Crippen LogP) is 3.99. The van der Waals surface area contributed by atoms with Crippen LogP contribution in [0.2, 0.25) is 0 Å². The van der Waals surface area contributed by atoms with Gasteiger partial charge in [0.2, 0.25) is 11.8 Å². The third-order valence-electron chi connectivity index (χ3n) is 6.35. The zero-order chi connectivity index (χ0) is 20.0. The molecule has 0 N–H and O–H groups in total. The summed E-state index contributed by atoms with van der Waals surface area (Å²) >= 11 is 7.22. The first-order chi connectivity index (χ1) is 13.4. The van der Waals surface area contributed by atoms with E-state index in [-0.39, 0.29) is 39.2 Å². The number of hydrogen-bond donors (Lipinski definition) is 0. The van der Waals surface area contributed by atoms with Crippen molar-refractivity contribution in [2.45, 2.75) is 42.3 Å². The number of piperidine rings is 1. The van der Waals surface area contributed by atoms with Crippen LogP contribution in [0.1, 0.15) is 43.0 Å². The summed E-state index contributed by atoms with van der Waals surface area (Å²) in [6, 6.07) is 6.92. The lowest BCUT2D eigenvalue weighted by Crippen LogP contribution is -2.38. The van der Waals surface area contributed by atoms with Crippen molar-refractivity contribution in [2.75, 3.05) is 18.0 Å². The zero-order valence-electron chi connectivity index (χ0n) is 15.8. The lowest BCUT2D eigenvalue weighted by molar-refractivity contribution is -0.122. The molecule has 0 radical (unpaired) electrons. The van der Waals surface area contributed by atoms with Gasteiger partial charge in [0.05, 0.1) is 17.5 Å². The average molecular weight is 512 g/mol. The number of fused-ring (bicyclic) bond motifs is 1. The van der Waals surface area contributed by atoms with Crippen molar-refractivity contribution in [3.05, 3.63) is 29.8 Å². The number of halogens is 2. The number of hydrogen-bond acceptors (Lipinski definition) is 3. The number of rotatable bonds is 2. The molecule has 5 nitrogen and oxygen atoms in total. The summed E-state index contributed by atoms with van der Waals surface area (Å²) < 4.78 is 0. The van der Waals surface area contributed by atoms with Crippen LogP contribution in [-0.2, 0) is 9.59 Å². The highest BCUT2D eigenvalue weighted by Gasteiger charge is 2.52. The molecule has 2 heterocycles. The quantitative estimate of drug-likeness (QED) is 0.445. The van der Waals surface area contributed by atoms with Crippen molar-refractivity contribution in [1.29, 1.82) is 0 Å². The molecule has 4 atom stereocenters. The van der Waals surface area contributed by atoms with Gasteiger partial charge in [-0.05, 0) is 55.9 Å². The van der Waals surface area contributed by atoms with E-state index < -0.39 is 0 Å². The van der Waals surface area contributed by atoms with Gasteiger partial charge in [-0.3, -0.25) is 19.3 Å². The summed E-state index contributed by atoms with van der Waals surface area (Å²) in [5.74, 6) is -0.0774. The molecule has 150 valence electrons. The van der Waals surface area contributed by atoms with Crippen LogP contribution in [0, 0.1) is 17.8 Å². The summed E-state index contributed by atoms with van der Waals surface area (Å²) in [5.41, 5.74) is 1.17. The molecule has 1 aliphatic carbocycles. The van der Waals surface area contributed by atoms with E-state index in [1.807, 2.05) is 4.90 Å². The molecule has 0 bridgehead atoms. The van der Waals surface area contributed by atoms with Crippen LogP contribution in [0.3, 0.4) is 0 Å². The van der Waals surface area contributed by atoms with Gasteiger partial charge in [-0.1, -0.05) is 38.8 Å². The van der Waals surface area contributed by atoms with E-state index in [1.54, 1.807) is 24.3 Å². The average Bonchev–Trinajstić information content (AvgIpc) is 2.92. The summed E-state index contributed by atoms with van der Waals surface area (Å²) in [5, 5.41) is 0. The predicted molar refractivity (Wildman–Crippen MR) is 115 cm³/mol. The highest BCUT2D eigenvalue weighted by atomic mass is 79.9. The normalized spacial score (nSPS) is 31.2. The minimum Gasteiger partial charge on any atom is -0.339 e. The molecule has 3 fully saturated rings. The Hall–Kier alpha value is -1.21. The van der Waals surface area contributed by atoms with Gasteiger partial charge in [0, 0.05) is 28.3 Å². The van der Waals surface area contributed by atoms with Gasteiger partial charge in [-0.25, -0.2) is 0 Å². The van der Waals surface area contributed by atoms with Crippen LogP contribution < -0.4 is 4.90 Å². The maximum atomic E-state index is 12.9. The second-order valence-electron chi connectivity index (χ2n) is 8.25. The number of likely N-dealkylation sites (tertiary alicyclic amines) is 1. The lowest BCUT2D eigenvalue weighted by Gasteiger charge is -2.30. The van der Waals surface area contributed by atoms with Gasteiger partial charge >= 0.3 is 0 Å². The van der Waals surface area contributed by atoms with Crippen LogP contribution in [0.15, 0.2) is 24.3 Å². The molecule has 3 amide bonds. The Bertz CT molecular complexity index is 761. The van der Waals surface area contributed by atoms with Gasteiger partial charge in [-0.2, -0.15) is 0 Å². The van der Waals surface area contributed by atoms with Crippen molar-refractivity contribution in [3.8, 4) is 0 Å². The van der Waals surface area contributed by atoms with Crippen LogP contribution in [0.5, 0.6) is 0 Å². The molecular weight excluding hydrogens is 488 g/mol. The summed E-state index contributed by atoms with van der Waals surface area (Å²) in [6.45, 7) is 3.79. The van der Waals surface area contributed by atoms with Gasteiger partial charge in [0.1, 0.15) is 0 Å². The summed E-state index contributed by atoms with van der Waals surface area (Å²) in [4.78, 5) is 42.1. The van der Waals surface area contributed by atoms with Crippen LogP contribution in [0.25, 0.3) is 0 Å². The van der Waals surface area contributed by atoms with Crippen molar-refractivity contribution >= 4 is 55.3 Å². The van der Waals surface area contributed by atoms with E-state index in [0.717, 1.165) is 25.9 Å². The lowest BCUT2D eigenvalue weighted by atomic mass is 9.81. The number of carbonyl (C=O) groups is 3. The molecule has 0 unspecified atom stereocenters. The third kappa shape index (κ3) is 3.56. The maximum Gasteiger partial charge on any atom is 0.253 e. The number of benzene rings is 1. The fourth-order valence-electron chi connectivity index (χ4n) is 4.50. The number of alkyl halides is 2. The third-order valence-corrected chi connectivity index (χ3v) is 9.09. The monoisotopic (exact) mass is 510 g/mol. The fourth-order valence-corrected chi connectivity index (χ4v) is 5.73. The Kier molecular flexibility index (Phi) is 5.67. The van der Waals surface area contributed by atoms with Crippen molar-refractivity contribution in [3.63, 3.8) is 0 Å². The molecule has 7 heteroatoms. The summed E-state index contributed by atoms with van der Waals surface area (Å²) in [6.07, 6.45) is 3.39. The van der Waals surface area contributed by atoms with Gasteiger partial charge in [0.25, 0.3) is 5.91 Å². The van der Waals surface area contributed by atoms with Crippen LogP contribution in [-0.4, -0.2) is 45.4 Å². The van der Waals surface area contributed by atoms with Crippen LogP contribution in [0.4, 0.5) is 5.69 Å². The molecule has 28 heavy (non-hydrogen) atoms. The summed E-state index contributed by atoms with van der Waals surface area (Å²) in [7, 11) is 0. The number of nitrogens with zero attached hydrogens (tertiary/aromatic N) is 2. The molecule has 1 aromatic carbocycles. The van der Waals surface area contributed by atoms with Crippen molar-refractivity contribution in [2.24, 2.45) is 17.8 Å². The van der Waals surface area contributed by atoms with E-state index in [9.17, 15) is 14.4 Å². The molecular formula is C21H24Br2N2O3. The molecule has 0 spiro atoms. The number of imide groups is 1. The smallest absolute Gasteiger partial charge is 0.253 e. The highest BCUT2D eigenvalue weighted by molar-refractivity contribution is 9.12. The molecule has 3 aliphatic rings. The highest BCUT2D eigenvalue weighted by Crippen LogP contribution is 2.44. The molecule has 1 aromatic rings. The molecule has 1 saturated carbocycles. The second kappa shape index (κ2) is 7.90. The molecule has 2 aliphatic heterocycles. The Morgan fingerprint density at radius 3 is 1.93 bits per heavy atom. The number of carbonyl (C=O) groups excluding carboxylic acids is 3. The molecule has 0 aromatic heterocycles. The van der Waals surface area contributed by atoms with E-state index in [4.69, 9.17) is 0 Å².